The van der Waals surface area contributed by atoms with Gasteiger partial charge >= 0.3 is 10.4 Å². The summed E-state index contributed by atoms with van der Waals surface area (Å²) < 4.78 is 5.15. The molecule has 128 valence electrons. The molecular formula is C21H18N3OS+. The Balaban J connectivity index is 2.13. The van der Waals surface area contributed by atoms with Crippen LogP contribution in [0.1, 0.15) is 0 Å². The van der Waals surface area contributed by atoms with Gasteiger partial charge in [0.1, 0.15) is 11.0 Å². The Morgan fingerprint density at radius 3 is 2.54 bits per heavy atom. The molecule has 26 heavy (non-hydrogen) atoms. The molecule has 5 aromatic rings. The van der Waals surface area contributed by atoms with Crippen molar-refractivity contribution in [1.29, 1.82) is 0 Å². The van der Waals surface area contributed by atoms with Crippen molar-refractivity contribution >= 4 is 48.9 Å². The van der Waals surface area contributed by atoms with Gasteiger partial charge in [-0.2, -0.15) is 0 Å². The zero-order chi connectivity index (χ0) is 18.0. The predicted molar refractivity (Wildman–Crippen MR) is 108 cm³/mol. The number of rotatable bonds is 1. The molecule has 2 heterocycles. The highest BCUT2D eigenvalue weighted by Crippen LogP contribution is 2.31. The molecule has 0 saturated carbocycles. The van der Waals surface area contributed by atoms with E-state index in [4.69, 9.17) is 0 Å². The summed E-state index contributed by atoms with van der Waals surface area (Å²) in [6.45, 7) is 0. The molecule has 4 nitrogen and oxygen atoms in total. The smallest absolute Gasteiger partial charge is 0.349 e. The first-order valence-corrected chi connectivity index (χ1v) is 9.34. The number of anilines is 1. The lowest BCUT2D eigenvalue weighted by Gasteiger charge is -2.14. The van der Waals surface area contributed by atoms with Crippen LogP contribution >= 0.6 is 11.3 Å². The minimum absolute atomic E-state index is 0.0451. The van der Waals surface area contributed by atoms with Crippen molar-refractivity contribution in [3.63, 3.8) is 0 Å². The third-order valence-electron chi connectivity index (χ3n) is 5.06. The first kappa shape index (κ1) is 15.3. The molecule has 0 radical (unpaired) electrons. The SMILES string of the molecule is CN(C)c1ccc2c(=O)[n+](=c3sc4ccccc4n3C)c3cccc1c23. The van der Waals surface area contributed by atoms with E-state index in [9.17, 15) is 4.79 Å². The fourth-order valence-corrected chi connectivity index (χ4v) is 4.99. The summed E-state index contributed by atoms with van der Waals surface area (Å²) in [5.74, 6) is 0. The zero-order valence-electron chi connectivity index (χ0n) is 14.9. The minimum atomic E-state index is 0.0451. The normalized spacial score (nSPS) is 13.2. The van der Waals surface area contributed by atoms with E-state index in [0.29, 0.717) is 0 Å². The molecule has 0 amide bonds. The Kier molecular flexibility index (Phi) is 3.12. The molecule has 5 rings (SSSR count). The molecule has 3 aromatic carbocycles. The van der Waals surface area contributed by atoms with Crippen LogP contribution in [0.4, 0.5) is 5.69 Å². The number of aryl methyl sites for hydroxylation is 1. The van der Waals surface area contributed by atoms with E-state index in [2.05, 4.69) is 27.7 Å². The van der Waals surface area contributed by atoms with E-state index in [0.717, 1.165) is 37.7 Å². The Morgan fingerprint density at radius 2 is 1.77 bits per heavy atom. The van der Waals surface area contributed by atoms with Crippen LogP contribution in [0.2, 0.25) is 0 Å². The van der Waals surface area contributed by atoms with Crippen LogP contribution in [0.25, 0.3) is 31.9 Å². The Labute approximate surface area is 153 Å². The lowest BCUT2D eigenvalue weighted by atomic mass is 10.1. The largest absolute Gasteiger partial charge is 0.377 e. The van der Waals surface area contributed by atoms with Crippen LogP contribution < -0.4 is 14.7 Å². The van der Waals surface area contributed by atoms with Crippen molar-refractivity contribution in [2.24, 2.45) is 7.05 Å². The minimum Gasteiger partial charge on any atom is -0.377 e. The second kappa shape index (κ2) is 5.29. The highest BCUT2D eigenvalue weighted by atomic mass is 32.1. The molecule has 0 N–H and O–H groups in total. The number of benzene rings is 3. The maximum absolute atomic E-state index is 13.3. The maximum Gasteiger partial charge on any atom is 0.349 e. The molecular weight excluding hydrogens is 342 g/mol. The van der Waals surface area contributed by atoms with Gasteiger partial charge in [-0.3, -0.25) is 0 Å². The molecule has 0 unspecified atom stereocenters. The van der Waals surface area contributed by atoms with Crippen molar-refractivity contribution in [3.8, 4) is 0 Å². The van der Waals surface area contributed by atoms with Crippen molar-refractivity contribution < 1.29 is 4.24 Å². The second-order valence-corrected chi connectivity index (χ2v) is 7.79. The quantitative estimate of drug-likeness (QED) is 0.429. The van der Waals surface area contributed by atoms with Gasteiger partial charge < -0.3 is 4.90 Å². The first-order valence-electron chi connectivity index (χ1n) is 8.53. The summed E-state index contributed by atoms with van der Waals surface area (Å²) in [4.78, 5) is 16.3. The van der Waals surface area contributed by atoms with E-state index in [-0.39, 0.29) is 5.56 Å². The lowest BCUT2D eigenvalue weighted by Crippen LogP contribution is -2.34. The van der Waals surface area contributed by atoms with E-state index in [1.54, 1.807) is 11.3 Å². The van der Waals surface area contributed by atoms with Crippen LogP contribution in [0.15, 0.2) is 59.4 Å². The number of hydrogen-bond donors (Lipinski definition) is 0. The number of fused-ring (bicyclic) bond motifs is 1. The third kappa shape index (κ3) is 1.89. The van der Waals surface area contributed by atoms with Crippen molar-refractivity contribution in [2.45, 2.75) is 0 Å². The molecule has 5 heteroatoms. The summed E-state index contributed by atoms with van der Waals surface area (Å²) in [7, 11) is 6.09. The molecule has 0 aliphatic carbocycles. The monoisotopic (exact) mass is 360 g/mol. The highest BCUT2D eigenvalue weighted by molar-refractivity contribution is 7.16. The van der Waals surface area contributed by atoms with Gasteiger partial charge in [-0.15, -0.1) is 4.24 Å². The number of nitrogens with zero attached hydrogens (tertiary/aromatic N) is 3. The predicted octanol–water partition coefficient (Wildman–Crippen LogP) is 3.50. The number of thiazole rings is 1. The summed E-state index contributed by atoms with van der Waals surface area (Å²) in [5.41, 5.74) is 3.27. The molecule has 0 bridgehead atoms. The van der Waals surface area contributed by atoms with E-state index >= 15 is 0 Å². The Hall–Kier alpha value is -2.92. The average molecular weight is 360 g/mol. The van der Waals surface area contributed by atoms with Gasteiger partial charge in [0.15, 0.2) is 0 Å². The fraction of sp³-hybridized carbons (Fsp3) is 0.143. The van der Waals surface area contributed by atoms with Gasteiger partial charge in [-0.25, -0.2) is 9.36 Å². The lowest BCUT2D eigenvalue weighted by molar-refractivity contribution is -0.494. The van der Waals surface area contributed by atoms with Crippen LogP contribution in [-0.4, -0.2) is 18.7 Å². The van der Waals surface area contributed by atoms with Gasteiger partial charge in [0.2, 0.25) is 0 Å². The Bertz CT molecular complexity index is 1450. The number of hydrogen-bond acceptors (Lipinski definition) is 3. The van der Waals surface area contributed by atoms with Crippen LogP contribution in [0.3, 0.4) is 0 Å². The maximum atomic E-state index is 13.3. The molecule has 0 spiro atoms. The van der Waals surface area contributed by atoms with E-state index in [1.807, 2.05) is 61.8 Å². The van der Waals surface area contributed by atoms with Crippen LogP contribution in [0.5, 0.6) is 0 Å². The second-order valence-electron chi connectivity index (χ2n) is 6.78. The summed E-state index contributed by atoms with van der Waals surface area (Å²) in [5, 5.41) is 2.93. The van der Waals surface area contributed by atoms with Gasteiger partial charge in [0.25, 0.3) is 0 Å². The van der Waals surface area contributed by atoms with Crippen LogP contribution in [0, 0.1) is 4.80 Å². The molecule has 0 fully saturated rings. The summed E-state index contributed by atoms with van der Waals surface area (Å²) in [6, 6.07) is 18.4. The molecule has 2 aromatic heterocycles. The average Bonchev–Trinajstić information content (AvgIpc) is 3.12. The van der Waals surface area contributed by atoms with Crippen molar-refractivity contribution in [3.05, 3.63) is 69.8 Å². The molecule has 0 atom stereocenters. The van der Waals surface area contributed by atoms with E-state index < -0.39 is 0 Å². The topological polar surface area (TPSA) is 31.1 Å². The molecule has 0 aliphatic rings. The Morgan fingerprint density at radius 1 is 0.962 bits per heavy atom. The first-order chi connectivity index (χ1) is 12.6. The van der Waals surface area contributed by atoms with Crippen molar-refractivity contribution in [1.82, 2.24) is 4.57 Å². The van der Waals surface area contributed by atoms with Gasteiger partial charge in [0, 0.05) is 30.6 Å². The molecule has 0 aliphatic heterocycles. The van der Waals surface area contributed by atoms with Crippen molar-refractivity contribution in [2.75, 3.05) is 19.0 Å². The van der Waals surface area contributed by atoms with Crippen LogP contribution in [-0.2, 0) is 7.05 Å². The standard InChI is InChI=1S/C21H18N3OS/c1-22(2)15-12-11-14-19-13(15)7-6-9-17(19)24(20(14)25)21-23(3)16-8-4-5-10-18(16)26-21/h4-12H,1-3H3/q+1. The third-order valence-corrected chi connectivity index (χ3v) is 6.26. The van der Waals surface area contributed by atoms with Gasteiger partial charge in [-0.05, 0) is 41.7 Å². The zero-order valence-corrected chi connectivity index (χ0v) is 15.7. The fourth-order valence-electron chi connectivity index (χ4n) is 3.83. The van der Waals surface area contributed by atoms with Gasteiger partial charge in [0.05, 0.1) is 17.1 Å². The molecule has 0 saturated heterocycles. The van der Waals surface area contributed by atoms with E-state index in [1.165, 1.54) is 4.70 Å². The van der Waals surface area contributed by atoms with Gasteiger partial charge in [-0.1, -0.05) is 24.3 Å². The summed E-state index contributed by atoms with van der Waals surface area (Å²) in [6.07, 6.45) is 0. The highest BCUT2D eigenvalue weighted by Gasteiger charge is 2.20. The number of aromatic nitrogens is 2. The summed E-state index contributed by atoms with van der Waals surface area (Å²) >= 11 is 1.65. The number of para-hydroxylation sites is 1.